The topological polar surface area (TPSA) is 59.2 Å². The first-order valence-corrected chi connectivity index (χ1v) is 7.05. The van der Waals surface area contributed by atoms with E-state index in [1.165, 1.54) is 0 Å². The summed E-state index contributed by atoms with van der Waals surface area (Å²) in [6, 6.07) is 9.87. The quantitative estimate of drug-likeness (QED) is 0.913. The van der Waals surface area contributed by atoms with Crippen LogP contribution in [-0.2, 0) is 0 Å². The molecule has 0 aliphatic carbocycles. The van der Waals surface area contributed by atoms with Crippen molar-refractivity contribution in [2.75, 3.05) is 13.1 Å². The lowest BCUT2D eigenvalue weighted by atomic mass is 10.1. The number of likely N-dealkylation sites (tertiary alicyclic amines) is 1. The summed E-state index contributed by atoms with van der Waals surface area (Å²) < 4.78 is 0. The van der Waals surface area contributed by atoms with Crippen molar-refractivity contribution in [1.82, 2.24) is 9.88 Å². The molecule has 120 valence electrons. The number of benzene rings is 1. The van der Waals surface area contributed by atoms with Crippen molar-refractivity contribution in [3.05, 3.63) is 42.1 Å². The largest absolute Gasteiger partial charge is 0.336 e. The van der Waals surface area contributed by atoms with Crippen LogP contribution in [-0.4, -0.2) is 34.9 Å². The zero-order valence-corrected chi connectivity index (χ0v) is 14.1. The minimum atomic E-state index is 0. The summed E-state index contributed by atoms with van der Waals surface area (Å²) in [5.41, 5.74) is 7.21. The van der Waals surface area contributed by atoms with Gasteiger partial charge in [0.05, 0.1) is 11.1 Å². The Morgan fingerprint density at radius 1 is 1.32 bits per heavy atom. The fourth-order valence-corrected chi connectivity index (χ4v) is 3.03. The van der Waals surface area contributed by atoms with Gasteiger partial charge in [-0.15, -0.1) is 24.8 Å². The standard InChI is InChI=1S/C16H19N3O.2ClH/c1-11-8-12(9-17)10-19(11)16(20)14-6-2-4-13-5-3-7-18-15(13)14;;/h2-7,11-12H,8-10,17H2,1H3;2*1H. The Morgan fingerprint density at radius 2 is 2.05 bits per heavy atom. The van der Waals surface area contributed by atoms with Crippen LogP contribution in [0.15, 0.2) is 36.5 Å². The molecule has 2 atom stereocenters. The molecule has 1 aromatic heterocycles. The monoisotopic (exact) mass is 341 g/mol. The van der Waals surface area contributed by atoms with Gasteiger partial charge in [0.2, 0.25) is 0 Å². The Kier molecular flexibility index (Phi) is 6.60. The number of hydrogen-bond donors (Lipinski definition) is 1. The summed E-state index contributed by atoms with van der Waals surface area (Å²) >= 11 is 0. The van der Waals surface area contributed by atoms with Gasteiger partial charge in [-0.3, -0.25) is 9.78 Å². The second-order valence-corrected chi connectivity index (χ2v) is 5.52. The molecule has 1 aliphatic heterocycles. The van der Waals surface area contributed by atoms with Gasteiger partial charge >= 0.3 is 0 Å². The van der Waals surface area contributed by atoms with Crippen molar-refractivity contribution in [3.8, 4) is 0 Å². The van der Waals surface area contributed by atoms with E-state index in [1.807, 2.05) is 35.2 Å². The molecule has 0 spiro atoms. The third-order valence-electron chi connectivity index (χ3n) is 4.12. The molecule has 2 unspecified atom stereocenters. The van der Waals surface area contributed by atoms with Gasteiger partial charge in [0.15, 0.2) is 0 Å². The normalized spacial score (nSPS) is 20.4. The third-order valence-corrected chi connectivity index (χ3v) is 4.12. The highest BCUT2D eigenvalue weighted by Gasteiger charge is 2.32. The first kappa shape index (κ1) is 18.7. The number of nitrogens with zero attached hydrogens (tertiary/aromatic N) is 2. The summed E-state index contributed by atoms with van der Waals surface area (Å²) in [7, 11) is 0. The summed E-state index contributed by atoms with van der Waals surface area (Å²) in [5, 5.41) is 1.00. The van der Waals surface area contributed by atoms with Gasteiger partial charge in [-0.1, -0.05) is 18.2 Å². The van der Waals surface area contributed by atoms with E-state index in [-0.39, 0.29) is 36.8 Å². The van der Waals surface area contributed by atoms with Gasteiger partial charge in [0, 0.05) is 24.2 Å². The molecule has 4 nitrogen and oxygen atoms in total. The predicted octanol–water partition coefficient (Wildman–Crippen LogP) is 2.89. The maximum atomic E-state index is 12.8. The van der Waals surface area contributed by atoms with Crippen LogP contribution in [0.4, 0.5) is 0 Å². The molecule has 2 aromatic rings. The lowest BCUT2D eigenvalue weighted by molar-refractivity contribution is 0.0745. The lowest BCUT2D eigenvalue weighted by Crippen LogP contribution is -2.34. The number of carbonyl (C=O) groups excluding carboxylic acids is 1. The highest BCUT2D eigenvalue weighted by atomic mass is 35.5. The van der Waals surface area contributed by atoms with Gasteiger partial charge < -0.3 is 10.6 Å². The van der Waals surface area contributed by atoms with Crippen molar-refractivity contribution in [1.29, 1.82) is 0 Å². The van der Waals surface area contributed by atoms with Crippen LogP contribution in [0.2, 0.25) is 0 Å². The summed E-state index contributed by atoms with van der Waals surface area (Å²) in [4.78, 5) is 19.1. The van der Waals surface area contributed by atoms with Crippen molar-refractivity contribution in [2.45, 2.75) is 19.4 Å². The smallest absolute Gasteiger partial charge is 0.256 e. The molecule has 1 amide bonds. The van der Waals surface area contributed by atoms with Crippen molar-refractivity contribution in [2.24, 2.45) is 11.7 Å². The molecule has 2 heterocycles. The first-order valence-electron chi connectivity index (χ1n) is 7.05. The van der Waals surface area contributed by atoms with Crippen LogP contribution in [0.1, 0.15) is 23.7 Å². The summed E-state index contributed by atoms with van der Waals surface area (Å²) in [6.45, 7) is 3.48. The molecule has 0 bridgehead atoms. The van der Waals surface area contributed by atoms with E-state index in [0.29, 0.717) is 18.0 Å². The fourth-order valence-electron chi connectivity index (χ4n) is 3.03. The van der Waals surface area contributed by atoms with E-state index in [2.05, 4.69) is 11.9 Å². The number of amides is 1. The van der Waals surface area contributed by atoms with E-state index >= 15 is 0 Å². The zero-order valence-electron chi connectivity index (χ0n) is 12.4. The van der Waals surface area contributed by atoms with E-state index in [4.69, 9.17) is 5.73 Å². The number of pyridine rings is 1. The minimum absolute atomic E-state index is 0. The van der Waals surface area contributed by atoms with Crippen LogP contribution in [0, 0.1) is 5.92 Å². The molecule has 1 aromatic carbocycles. The van der Waals surface area contributed by atoms with Gasteiger partial charge in [-0.05, 0) is 37.9 Å². The highest BCUT2D eigenvalue weighted by Crippen LogP contribution is 2.26. The zero-order chi connectivity index (χ0) is 14.1. The van der Waals surface area contributed by atoms with Gasteiger partial charge in [0.25, 0.3) is 5.91 Å². The van der Waals surface area contributed by atoms with Crippen molar-refractivity contribution >= 4 is 41.6 Å². The van der Waals surface area contributed by atoms with E-state index in [0.717, 1.165) is 23.9 Å². The number of rotatable bonds is 2. The SMILES string of the molecule is CC1CC(CN)CN1C(=O)c1cccc2cccnc12.Cl.Cl. The van der Waals surface area contributed by atoms with Crippen LogP contribution in [0.5, 0.6) is 0 Å². The van der Waals surface area contributed by atoms with E-state index in [9.17, 15) is 4.79 Å². The maximum Gasteiger partial charge on any atom is 0.256 e. The average Bonchev–Trinajstić information content (AvgIpc) is 2.87. The number of aromatic nitrogens is 1. The Labute approximate surface area is 142 Å². The predicted molar refractivity (Wildman–Crippen MR) is 93.9 cm³/mol. The number of fused-ring (bicyclic) bond motifs is 1. The highest BCUT2D eigenvalue weighted by molar-refractivity contribution is 6.05. The fraction of sp³-hybridized carbons (Fsp3) is 0.375. The molecular weight excluding hydrogens is 321 g/mol. The number of carbonyl (C=O) groups is 1. The Hall–Kier alpha value is -1.36. The maximum absolute atomic E-state index is 12.8. The Bertz CT molecular complexity index is 645. The second-order valence-electron chi connectivity index (χ2n) is 5.52. The molecule has 22 heavy (non-hydrogen) atoms. The van der Waals surface area contributed by atoms with Gasteiger partial charge in [-0.25, -0.2) is 0 Å². The molecule has 1 saturated heterocycles. The number of para-hydroxylation sites is 1. The average molecular weight is 342 g/mol. The van der Waals surface area contributed by atoms with Gasteiger partial charge in [0.1, 0.15) is 0 Å². The molecule has 0 radical (unpaired) electrons. The minimum Gasteiger partial charge on any atom is -0.336 e. The molecule has 1 fully saturated rings. The van der Waals surface area contributed by atoms with Crippen molar-refractivity contribution < 1.29 is 4.79 Å². The molecular formula is C16H21Cl2N3O. The third kappa shape index (κ3) is 3.35. The Morgan fingerprint density at radius 3 is 2.73 bits per heavy atom. The number of hydrogen-bond acceptors (Lipinski definition) is 3. The number of nitrogens with two attached hydrogens (primary N) is 1. The van der Waals surface area contributed by atoms with Crippen LogP contribution >= 0.6 is 24.8 Å². The molecule has 1 aliphatic rings. The van der Waals surface area contributed by atoms with Crippen LogP contribution < -0.4 is 5.73 Å². The molecule has 2 N–H and O–H groups in total. The summed E-state index contributed by atoms with van der Waals surface area (Å²) in [6.07, 6.45) is 2.72. The molecule has 6 heteroatoms. The van der Waals surface area contributed by atoms with Gasteiger partial charge in [-0.2, -0.15) is 0 Å². The molecule has 0 saturated carbocycles. The van der Waals surface area contributed by atoms with Crippen LogP contribution in [0.3, 0.4) is 0 Å². The first-order chi connectivity index (χ1) is 9.70. The van der Waals surface area contributed by atoms with E-state index in [1.54, 1.807) is 6.20 Å². The summed E-state index contributed by atoms with van der Waals surface area (Å²) in [5.74, 6) is 0.481. The number of halogens is 2. The van der Waals surface area contributed by atoms with E-state index < -0.39 is 0 Å². The lowest BCUT2D eigenvalue weighted by Gasteiger charge is -2.22. The second kappa shape index (κ2) is 7.77. The Balaban J connectivity index is 0.00000121. The molecule has 3 rings (SSSR count). The van der Waals surface area contributed by atoms with Crippen LogP contribution in [0.25, 0.3) is 10.9 Å². The van der Waals surface area contributed by atoms with Crippen molar-refractivity contribution in [3.63, 3.8) is 0 Å².